The van der Waals surface area contributed by atoms with Gasteiger partial charge in [-0.2, -0.15) is 13.2 Å². The van der Waals surface area contributed by atoms with Crippen LogP contribution in [-0.2, 0) is 10.2 Å². The Morgan fingerprint density at radius 1 is 0.951 bits per heavy atom. The number of rotatable bonds is 7. The molecule has 1 aliphatic heterocycles. The lowest BCUT2D eigenvalue weighted by Crippen LogP contribution is -2.52. The Hall–Kier alpha value is -3.87. The minimum absolute atomic E-state index is 0.0448. The normalized spacial score (nSPS) is 22.0. The molecule has 1 saturated carbocycles. The maximum absolute atomic E-state index is 12.8. The molecule has 0 aromatic heterocycles. The highest BCUT2D eigenvalue weighted by Crippen LogP contribution is 2.49. The number of carbonyl (C=O) groups excluding carboxylic acids is 1. The Labute approximate surface area is 236 Å². The number of anilines is 1. The quantitative estimate of drug-likeness (QED) is 0.431. The molecule has 2 aliphatic rings. The number of hydrogen-bond donors (Lipinski definition) is 3. The Balaban J connectivity index is 0.000000587. The number of benzene rings is 2. The number of nitrogens with zero attached hydrogens (tertiary/aromatic N) is 1. The highest BCUT2D eigenvalue weighted by atomic mass is 19.4. The number of fused-ring (bicyclic) bond motifs is 1. The minimum Gasteiger partial charge on any atom is -0.497 e. The van der Waals surface area contributed by atoms with Crippen LogP contribution in [-0.4, -0.2) is 82.3 Å². The Bertz CT molecular complexity index is 1200. The average molecular weight is 584 g/mol. The molecule has 3 N–H and O–H groups in total. The Kier molecular flexibility index (Phi) is 10.2. The summed E-state index contributed by atoms with van der Waals surface area (Å²) in [6.07, 6.45) is -1.20. The van der Waals surface area contributed by atoms with E-state index in [1.165, 1.54) is 5.56 Å². The van der Waals surface area contributed by atoms with Crippen molar-refractivity contribution in [2.24, 2.45) is 0 Å². The van der Waals surface area contributed by atoms with Crippen molar-refractivity contribution in [2.45, 2.75) is 49.4 Å². The van der Waals surface area contributed by atoms with E-state index in [-0.39, 0.29) is 17.5 Å². The molecule has 0 bridgehead atoms. The predicted octanol–water partition coefficient (Wildman–Crippen LogP) is 4.67. The lowest BCUT2D eigenvalue weighted by molar-refractivity contribution is -0.192. The van der Waals surface area contributed by atoms with Crippen molar-refractivity contribution in [3.05, 3.63) is 42.0 Å². The molecule has 1 saturated heterocycles. The van der Waals surface area contributed by atoms with E-state index in [4.69, 9.17) is 28.8 Å². The molecule has 10 nitrogen and oxygen atoms in total. The van der Waals surface area contributed by atoms with Crippen LogP contribution in [0.2, 0.25) is 0 Å². The molecule has 2 amide bonds. The van der Waals surface area contributed by atoms with Crippen molar-refractivity contribution < 1.29 is 46.8 Å². The highest BCUT2D eigenvalue weighted by molar-refractivity contribution is 5.90. The number of alkyl halides is 3. The number of hydrogen-bond acceptors (Lipinski definition) is 7. The molecule has 0 spiro atoms. The van der Waals surface area contributed by atoms with E-state index in [1.54, 1.807) is 46.6 Å². The summed E-state index contributed by atoms with van der Waals surface area (Å²) in [6.45, 7) is 1.03. The largest absolute Gasteiger partial charge is 0.497 e. The predicted molar refractivity (Wildman–Crippen MR) is 145 cm³/mol. The summed E-state index contributed by atoms with van der Waals surface area (Å²) in [4.78, 5) is 24.1. The van der Waals surface area contributed by atoms with Gasteiger partial charge < -0.3 is 39.6 Å². The van der Waals surface area contributed by atoms with Crippen LogP contribution in [0.5, 0.6) is 23.0 Å². The van der Waals surface area contributed by atoms with Gasteiger partial charge >= 0.3 is 18.2 Å². The molecule has 2 aromatic carbocycles. The number of likely N-dealkylation sites (tertiary alicyclic amines) is 1. The van der Waals surface area contributed by atoms with Crippen LogP contribution in [0.4, 0.5) is 23.7 Å². The third kappa shape index (κ3) is 7.46. The van der Waals surface area contributed by atoms with Crippen LogP contribution in [0.3, 0.4) is 0 Å². The van der Waals surface area contributed by atoms with E-state index >= 15 is 0 Å². The summed E-state index contributed by atoms with van der Waals surface area (Å²) in [7, 11) is 8.69. The number of methoxy groups -OCH3 is 4. The molecule has 4 rings (SSSR count). The number of carboxylic acid groups (broad SMARTS) is 1. The van der Waals surface area contributed by atoms with Gasteiger partial charge in [-0.1, -0.05) is 6.07 Å². The minimum atomic E-state index is -5.08. The van der Waals surface area contributed by atoms with E-state index < -0.39 is 12.1 Å². The number of carboxylic acids is 1. The standard InChI is InChI=1S/C26H35N3O5.C2HF3O2/c1-29-11-10-26(17-6-7-22(33-4)23(12-17)34-5)9-8-18(15-24(26)29)27-25(30)28-19-13-20(31-2)16-21(14-19)32-3;3-2(4,5)1(6)7/h6-7,12-14,16,18,24H,8-11,15H2,1-5H3,(H2,27,28,30);(H,6,7). The van der Waals surface area contributed by atoms with Crippen LogP contribution in [0.1, 0.15) is 31.2 Å². The number of ether oxygens (including phenoxy) is 4. The summed E-state index contributed by atoms with van der Waals surface area (Å²) in [5, 5.41) is 13.2. The lowest BCUT2D eigenvalue weighted by Gasteiger charge is -2.45. The van der Waals surface area contributed by atoms with E-state index in [9.17, 15) is 18.0 Å². The van der Waals surface area contributed by atoms with E-state index in [2.05, 4.69) is 34.7 Å². The number of likely N-dealkylation sites (N-methyl/N-ethyl adjacent to an activating group) is 1. The molecule has 2 fully saturated rings. The van der Waals surface area contributed by atoms with Gasteiger partial charge in [0.1, 0.15) is 11.5 Å². The second-order valence-corrected chi connectivity index (χ2v) is 9.95. The first kappa shape index (κ1) is 31.7. The molecule has 13 heteroatoms. The van der Waals surface area contributed by atoms with Crippen molar-refractivity contribution in [1.82, 2.24) is 10.2 Å². The van der Waals surface area contributed by atoms with Gasteiger partial charge in [0, 0.05) is 41.4 Å². The lowest BCUT2D eigenvalue weighted by atomic mass is 9.65. The molecule has 1 aliphatic carbocycles. The zero-order valence-corrected chi connectivity index (χ0v) is 23.6. The van der Waals surface area contributed by atoms with Crippen molar-refractivity contribution >= 4 is 17.7 Å². The van der Waals surface area contributed by atoms with Crippen LogP contribution in [0, 0.1) is 0 Å². The van der Waals surface area contributed by atoms with Gasteiger partial charge in [-0.25, -0.2) is 9.59 Å². The fraction of sp³-hybridized carbons (Fsp3) is 0.500. The number of aliphatic carboxylic acids is 1. The zero-order chi connectivity index (χ0) is 30.4. The first-order valence-corrected chi connectivity index (χ1v) is 12.9. The third-order valence-corrected chi connectivity index (χ3v) is 7.67. The molecule has 41 heavy (non-hydrogen) atoms. The molecule has 3 atom stereocenters. The maximum Gasteiger partial charge on any atom is 0.490 e. The molecule has 0 radical (unpaired) electrons. The van der Waals surface area contributed by atoms with Gasteiger partial charge in [-0.05, 0) is 57.0 Å². The number of nitrogens with one attached hydrogen (secondary N) is 2. The topological polar surface area (TPSA) is 119 Å². The first-order chi connectivity index (χ1) is 19.4. The fourth-order valence-corrected chi connectivity index (χ4v) is 5.63. The zero-order valence-electron chi connectivity index (χ0n) is 23.6. The molecular formula is C28H36F3N3O7. The molecule has 2 aromatic rings. The number of urea groups is 1. The summed E-state index contributed by atoms with van der Waals surface area (Å²) in [5.41, 5.74) is 1.95. The SMILES string of the molecule is COc1cc(NC(=O)NC2CCC3(c4ccc(OC)c(OC)c4)CCN(C)C3C2)cc(OC)c1.O=C(O)C(F)(F)F. The van der Waals surface area contributed by atoms with Crippen molar-refractivity contribution in [2.75, 3.05) is 47.3 Å². The van der Waals surface area contributed by atoms with E-state index in [0.717, 1.165) is 43.7 Å². The maximum atomic E-state index is 12.8. The molecule has 1 heterocycles. The summed E-state index contributed by atoms with van der Waals surface area (Å²) in [6, 6.07) is 11.8. The van der Waals surface area contributed by atoms with Crippen molar-refractivity contribution in [3.8, 4) is 23.0 Å². The Morgan fingerprint density at radius 2 is 1.56 bits per heavy atom. The van der Waals surface area contributed by atoms with Crippen molar-refractivity contribution in [3.63, 3.8) is 0 Å². The summed E-state index contributed by atoms with van der Waals surface area (Å²) >= 11 is 0. The average Bonchev–Trinajstić information content (AvgIpc) is 3.28. The monoisotopic (exact) mass is 583 g/mol. The van der Waals surface area contributed by atoms with Gasteiger partial charge in [-0.3, -0.25) is 0 Å². The van der Waals surface area contributed by atoms with Crippen molar-refractivity contribution in [1.29, 1.82) is 0 Å². The van der Waals surface area contributed by atoms with Gasteiger partial charge in [0.2, 0.25) is 0 Å². The number of carbonyl (C=O) groups is 2. The summed E-state index contributed by atoms with van der Waals surface area (Å²) in [5.74, 6) is -0.00512. The fourth-order valence-electron chi connectivity index (χ4n) is 5.63. The smallest absolute Gasteiger partial charge is 0.490 e. The van der Waals surface area contributed by atoms with E-state index in [0.29, 0.717) is 23.2 Å². The highest BCUT2D eigenvalue weighted by Gasteiger charge is 2.50. The van der Waals surface area contributed by atoms with Gasteiger partial charge in [0.05, 0.1) is 28.4 Å². The number of halogens is 3. The molecule has 226 valence electrons. The van der Waals surface area contributed by atoms with Crippen LogP contribution in [0.15, 0.2) is 36.4 Å². The molecule has 3 unspecified atom stereocenters. The molecular weight excluding hydrogens is 547 g/mol. The van der Waals surface area contributed by atoms with Crippen LogP contribution < -0.4 is 29.6 Å². The first-order valence-electron chi connectivity index (χ1n) is 12.9. The van der Waals surface area contributed by atoms with Crippen LogP contribution >= 0.6 is 0 Å². The number of amides is 2. The summed E-state index contributed by atoms with van der Waals surface area (Å²) < 4.78 is 53.4. The van der Waals surface area contributed by atoms with E-state index in [1.807, 2.05) is 6.07 Å². The Morgan fingerprint density at radius 3 is 2.10 bits per heavy atom. The van der Waals surface area contributed by atoms with Crippen LogP contribution in [0.25, 0.3) is 0 Å². The third-order valence-electron chi connectivity index (χ3n) is 7.67. The van der Waals surface area contributed by atoms with Gasteiger partial charge in [0.25, 0.3) is 0 Å². The van der Waals surface area contributed by atoms with Gasteiger partial charge in [0.15, 0.2) is 11.5 Å². The van der Waals surface area contributed by atoms with Gasteiger partial charge in [-0.15, -0.1) is 0 Å². The second kappa shape index (κ2) is 13.2. The second-order valence-electron chi connectivity index (χ2n) is 9.95.